The maximum Gasteiger partial charge on any atom is 0.336 e. The van der Waals surface area contributed by atoms with E-state index in [1.54, 1.807) is 45.0 Å². The molecule has 1 heterocycles. The van der Waals surface area contributed by atoms with Gasteiger partial charge in [0.1, 0.15) is 6.61 Å². The van der Waals surface area contributed by atoms with Crippen molar-refractivity contribution in [2.45, 2.75) is 33.6 Å². The van der Waals surface area contributed by atoms with E-state index in [-0.39, 0.29) is 31.0 Å². The van der Waals surface area contributed by atoms with Gasteiger partial charge in [-0.3, -0.25) is 4.79 Å². The molecule has 0 aliphatic carbocycles. The Kier molecular flexibility index (Phi) is 7.84. The maximum absolute atomic E-state index is 12.9. The summed E-state index contributed by atoms with van der Waals surface area (Å²) in [6.45, 7) is 6.53. The van der Waals surface area contributed by atoms with Gasteiger partial charge in [-0.05, 0) is 38.5 Å². The molecule has 156 valence electrons. The zero-order chi connectivity index (χ0) is 21.6. The van der Waals surface area contributed by atoms with Gasteiger partial charge in [0.15, 0.2) is 0 Å². The van der Waals surface area contributed by atoms with Gasteiger partial charge in [0.05, 0.1) is 36.0 Å². The lowest BCUT2D eigenvalue weighted by Crippen LogP contribution is -2.35. The monoisotopic (exact) mass is 421 g/mol. The first kappa shape index (κ1) is 22.5. The van der Waals surface area contributed by atoms with E-state index in [0.29, 0.717) is 22.0 Å². The maximum atomic E-state index is 12.9. The number of benzene rings is 1. The van der Waals surface area contributed by atoms with E-state index in [1.807, 2.05) is 0 Å². The highest BCUT2D eigenvalue weighted by Gasteiger charge is 2.39. The molecule has 1 aliphatic heterocycles. The molecular weight excluding hydrogens is 398 g/mol. The van der Waals surface area contributed by atoms with Gasteiger partial charge in [0.25, 0.3) is 0 Å². The molecule has 1 unspecified atom stereocenters. The van der Waals surface area contributed by atoms with Crippen LogP contribution >= 0.6 is 11.6 Å². The lowest BCUT2D eigenvalue weighted by molar-refractivity contribution is -0.142. The molecule has 29 heavy (non-hydrogen) atoms. The van der Waals surface area contributed by atoms with Crippen LogP contribution in [-0.4, -0.2) is 37.7 Å². The summed E-state index contributed by atoms with van der Waals surface area (Å²) in [6.07, 6.45) is 0. The summed E-state index contributed by atoms with van der Waals surface area (Å²) < 4.78 is 15.6. The van der Waals surface area contributed by atoms with Gasteiger partial charge in [-0.2, -0.15) is 0 Å². The Morgan fingerprint density at radius 2 is 1.52 bits per heavy atom. The normalized spacial score (nSPS) is 16.2. The first-order valence-corrected chi connectivity index (χ1v) is 9.61. The number of hydrogen-bond acceptors (Lipinski definition) is 7. The predicted molar refractivity (Wildman–Crippen MR) is 107 cm³/mol. The van der Waals surface area contributed by atoms with Crippen LogP contribution in [0.2, 0.25) is 5.02 Å². The van der Waals surface area contributed by atoms with Crippen LogP contribution in [0.4, 0.5) is 0 Å². The van der Waals surface area contributed by atoms with Gasteiger partial charge in [0, 0.05) is 17.6 Å². The molecule has 0 bridgehead atoms. The highest BCUT2D eigenvalue weighted by molar-refractivity contribution is 6.30. The van der Waals surface area contributed by atoms with Crippen molar-refractivity contribution in [2.75, 3.05) is 19.8 Å². The summed E-state index contributed by atoms with van der Waals surface area (Å²) in [5, 5.41) is 3.53. The van der Waals surface area contributed by atoms with Crippen molar-refractivity contribution >= 4 is 29.5 Å². The minimum Gasteiger partial charge on any atom is -0.463 e. The molecule has 1 atom stereocenters. The summed E-state index contributed by atoms with van der Waals surface area (Å²) in [5.74, 6) is -2.43. The molecule has 1 N–H and O–H groups in total. The molecule has 0 radical (unpaired) electrons. The van der Waals surface area contributed by atoms with E-state index in [4.69, 9.17) is 25.8 Å². The standard InChI is InChI=1S/C21H24ClNO6/c1-5-27-20(25)17-12(3)23-16(11-29-13(4)24)19(21(26)28-6-2)18(17)14-7-9-15(22)10-8-14/h7-10,18,23H,5-6,11H2,1-4H3. The Balaban J connectivity index is 2.67. The van der Waals surface area contributed by atoms with Crippen molar-refractivity contribution in [3.63, 3.8) is 0 Å². The summed E-state index contributed by atoms with van der Waals surface area (Å²) in [5.41, 5.74) is 1.97. The molecule has 0 saturated heterocycles. The van der Waals surface area contributed by atoms with Crippen molar-refractivity contribution in [2.24, 2.45) is 0 Å². The number of esters is 3. The number of nitrogens with one attached hydrogen (secondary N) is 1. The topological polar surface area (TPSA) is 90.9 Å². The number of carbonyl (C=O) groups excluding carboxylic acids is 3. The Morgan fingerprint density at radius 3 is 2.03 bits per heavy atom. The van der Waals surface area contributed by atoms with Gasteiger partial charge in [-0.15, -0.1) is 0 Å². The van der Waals surface area contributed by atoms with Crippen molar-refractivity contribution in [3.05, 3.63) is 57.4 Å². The number of halogens is 1. The van der Waals surface area contributed by atoms with E-state index in [9.17, 15) is 14.4 Å². The van der Waals surface area contributed by atoms with E-state index in [2.05, 4.69) is 5.32 Å². The van der Waals surface area contributed by atoms with E-state index < -0.39 is 23.8 Å². The SMILES string of the molecule is CCOC(=O)C1=C(C)NC(COC(C)=O)=C(C(=O)OCC)C1c1ccc(Cl)cc1. The van der Waals surface area contributed by atoms with Crippen LogP contribution in [0.1, 0.15) is 39.2 Å². The quantitative estimate of drug-likeness (QED) is 0.533. The van der Waals surface area contributed by atoms with Gasteiger partial charge in [-0.25, -0.2) is 9.59 Å². The Labute approximate surface area is 174 Å². The predicted octanol–water partition coefficient (Wildman–Crippen LogP) is 3.24. The number of allylic oxidation sites excluding steroid dienone is 1. The zero-order valence-electron chi connectivity index (χ0n) is 16.8. The third-order valence-corrected chi connectivity index (χ3v) is 4.51. The van der Waals surface area contributed by atoms with E-state index in [1.165, 1.54) is 6.92 Å². The fourth-order valence-corrected chi connectivity index (χ4v) is 3.23. The van der Waals surface area contributed by atoms with Crippen molar-refractivity contribution < 1.29 is 28.6 Å². The average Bonchev–Trinajstić information content (AvgIpc) is 2.66. The van der Waals surface area contributed by atoms with Crippen LogP contribution in [0.15, 0.2) is 46.8 Å². The number of ether oxygens (including phenoxy) is 3. The fourth-order valence-electron chi connectivity index (χ4n) is 3.10. The lowest BCUT2D eigenvalue weighted by Gasteiger charge is -2.31. The number of carbonyl (C=O) groups is 3. The van der Waals surface area contributed by atoms with Gasteiger partial charge in [0.2, 0.25) is 0 Å². The second-order valence-electron chi connectivity index (χ2n) is 6.26. The molecule has 0 aromatic heterocycles. The minimum atomic E-state index is -0.767. The third kappa shape index (κ3) is 5.38. The highest BCUT2D eigenvalue weighted by Crippen LogP contribution is 2.39. The Bertz CT molecular complexity index is 856. The van der Waals surface area contributed by atoms with E-state index in [0.717, 1.165) is 0 Å². The zero-order valence-corrected chi connectivity index (χ0v) is 17.6. The first-order valence-electron chi connectivity index (χ1n) is 9.23. The highest BCUT2D eigenvalue weighted by atomic mass is 35.5. The molecule has 1 aromatic carbocycles. The van der Waals surface area contributed by atoms with Crippen molar-refractivity contribution in [1.82, 2.24) is 5.32 Å². The smallest absolute Gasteiger partial charge is 0.336 e. The van der Waals surface area contributed by atoms with Gasteiger partial charge < -0.3 is 19.5 Å². The first-order chi connectivity index (χ1) is 13.8. The second-order valence-corrected chi connectivity index (χ2v) is 6.70. The second kappa shape index (κ2) is 10.1. The molecule has 7 nitrogen and oxygen atoms in total. The van der Waals surface area contributed by atoms with Gasteiger partial charge in [-0.1, -0.05) is 23.7 Å². The average molecular weight is 422 g/mol. The molecule has 0 spiro atoms. The third-order valence-electron chi connectivity index (χ3n) is 4.26. The number of dihydropyridines is 1. The summed E-state index contributed by atoms with van der Waals surface area (Å²) >= 11 is 6.01. The lowest BCUT2D eigenvalue weighted by atomic mass is 9.80. The van der Waals surface area contributed by atoms with Crippen molar-refractivity contribution in [1.29, 1.82) is 0 Å². The van der Waals surface area contributed by atoms with Crippen LogP contribution in [0.5, 0.6) is 0 Å². The Hall–Kier alpha value is -2.80. The van der Waals surface area contributed by atoms with E-state index >= 15 is 0 Å². The summed E-state index contributed by atoms with van der Waals surface area (Å²) in [6, 6.07) is 6.80. The molecule has 8 heteroatoms. The molecular formula is C21H24ClNO6. The minimum absolute atomic E-state index is 0.147. The molecule has 0 fully saturated rings. The molecule has 0 amide bonds. The van der Waals surface area contributed by atoms with Crippen LogP contribution in [-0.2, 0) is 28.6 Å². The fraction of sp³-hybridized carbons (Fsp3) is 0.381. The molecule has 1 aliphatic rings. The molecule has 1 aromatic rings. The molecule has 0 saturated carbocycles. The number of hydrogen-bond donors (Lipinski definition) is 1. The summed E-state index contributed by atoms with van der Waals surface area (Å²) in [4.78, 5) is 37.0. The molecule has 2 rings (SSSR count). The van der Waals surface area contributed by atoms with Crippen LogP contribution in [0.3, 0.4) is 0 Å². The Morgan fingerprint density at radius 1 is 0.966 bits per heavy atom. The van der Waals surface area contributed by atoms with Crippen LogP contribution < -0.4 is 5.32 Å². The van der Waals surface area contributed by atoms with Crippen molar-refractivity contribution in [3.8, 4) is 0 Å². The largest absolute Gasteiger partial charge is 0.463 e. The van der Waals surface area contributed by atoms with Crippen LogP contribution in [0, 0.1) is 0 Å². The number of rotatable bonds is 7. The summed E-state index contributed by atoms with van der Waals surface area (Å²) in [7, 11) is 0. The van der Waals surface area contributed by atoms with Gasteiger partial charge >= 0.3 is 17.9 Å². The van der Waals surface area contributed by atoms with Crippen LogP contribution in [0.25, 0.3) is 0 Å².